The fourth-order valence-corrected chi connectivity index (χ4v) is 4.22. The Balaban J connectivity index is 1.54. The van der Waals surface area contributed by atoms with Crippen molar-refractivity contribution in [2.45, 2.75) is 64.1 Å². The lowest BCUT2D eigenvalue weighted by Crippen LogP contribution is -2.63. The highest BCUT2D eigenvalue weighted by molar-refractivity contribution is 5.76. The summed E-state index contributed by atoms with van der Waals surface area (Å²) >= 11 is 0. The average Bonchev–Trinajstić information content (AvgIpc) is 3.06. The molecule has 23 heavy (non-hydrogen) atoms. The van der Waals surface area contributed by atoms with Crippen molar-refractivity contribution in [2.75, 3.05) is 6.61 Å². The maximum Gasteiger partial charge on any atom is 0.250 e. The smallest absolute Gasteiger partial charge is 0.250 e. The van der Waals surface area contributed by atoms with E-state index in [4.69, 9.17) is 4.74 Å². The molecule has 0 bridgehead atoms. The van der Waals surface area contributed by atoms with Gasteiger partial charge in [-0.05, 0) is 32.3 Å². The predicted octanol–water partition coefficient (Wildman–Crippen LogP) is 2.09. The van der Waals surface area contributed by atoms with Crippen molar-refractivity contribution in [3.63, 3.8) is 0 Å². The van der Waals surface area contributed by atoms with E-state index in [9.17, 15) is 9.59 Å². The van der Waals surface area contributed by atoms with Gasteiger partial charge in [-0.15, -0.1) is 0 Å². The highest BCUT2D eigenvalue weighted by Gasteiger charge is 2.57. The van der Waals surface area contributed by atoms with E-state index < -0.39 is 0 Å². The molecular formula is C18H26N2O3. The summed E-state index contributed by atoms with van der Waals surface area (Å²) in [5.74, 6) is 0.0342. The third kappa shape index (κ3) is 3.20. The molecule has 0 aliphatic heterocycles. The van der Waals surface area contributed by atoms with Crippen molar-refractivity contribution >= 4 is 5.91 Å². The van der Waals surface area contributed by atoms with Crippen molar-refractivity contribution < 1.29 is 9.53 Å². The van der Waals surface area contributed by atoms with E-state index in [1.165, 1.54) is 18.9 Å². The lowest BCUT2D eigenvalue weighted by Gasteiger charge is -2.54. The average molecular weight is 318 g/mol. The molecule has 2 atom stereocenters. The monoisotopic (exact) mass is 318 g/mol. The number of pyridine rings is 1. The summed E-state index contributed by atoms with van der Waals surface area (Å²) in [5.41, 5.74) is 0.0996. The van der Waals surface area contributed by atoms with Gasteiger partial charge in [-0.2, -0.15) is 0 Å². The first-order valence-corrected chi connectivity index (χ1v) is 8.72. The Labute approximate surface area is 137 Å². The number of ether oxygens (including phenoxy) is 1. The van der Waals surface area contributed by atoms with Crippen LogP contribution in [0.3, 0.4) is 0 Å². The second kappa shape index (κ2) is 6.87. The summed E-state index contributed by atoms with van der Waals surface area (Å²) in [7, 11) is 0. The molecule has 0 aromatic carbocycles. The van der Waals surface area contributed by atoms with Crippen LogP contribution < -0.4 is 10.9 Å². The molecule has 1 aromatic heterocycles. The van der Waals surface area contributed by atoms with Crippen LogP contribution in [0.25, 0.3) is 0 Å². The lowest BCUT2D eigenvalue weighted by molar-refractivity contribution is -0.144. The molecule has 3 rings (SSSR count). The first kappa shape index (κ1) is 16.2. The fraction of sp³-hybridized carbons (Fsp3) is 0.667. The van der Waals surface area contributed by atoms with Crippen molar-refractivity contribution in [2.24, 2.45) is 5.41 Å². The molecule has 126 valence electrons. The van der Waals surface area contributed by atoms with Crippen molar-refractivity contribution in [1.29, 1.82) is 0 Å². The number of hydrogen-bond donors (Lipinski definition) is 1. The molecule has 2 aliphatic carbocycles. The third-order valence-electron chi connectivity index (χ3n) is 5.50. The molecule has 1 heterocycles. The molecule has 1 amide bonds. The Hall–Kier alpha value is -1.62. The molecule has 1 aromatic rings. The van der Waals surface area contributed by atoms with Gasteiger partial charge in [-0.25, -0.2) is 0 Å². The number of carbonyl (C=O) groups is 1. The minimum absolute atomic E-state index is 0.0342. The quantitative estimate of drug-likeness (QED) is 0.874. The Morgan fingerprint density at radius 1 is 1.39 bits per heavy atom. The Kier molecular flexibility index (Phi) is 4.85. The van der Waals surface area contributed by atoms with E-state index in [2.05, 4.69) is 5.32 Å². The molecule has 5 heteroatoms. The van der Waals surface area contributed by atoms with Gasteiger partial charge < -0.3 is 14.6 Å². The standard InChI is InChI=1S/C18H26N2O3/c1-2-23-15-13-14(18(15)9-4-5-10-18)19-16(21)8-12-20-11-6-3-7-17(20)22/h3,6-7,11,14-15H,2,4-5,8-10,12-13H2,1H3,(H,19,21)/t14-,15+/m1/s1. The van der Waals surface area contributed by atoms with E-state index >= 15 is 0 Å². The van der Waals surface area contributed by atoms with Crippen LogP contribution in [-0.4, -0.2) is 29.2 Å². The number of aromatic nitrogens is 1. The first-order chi connectivity index (χ1) is 11.2. The first-order valence-electron chi connectivity index (χ1n) is 8.72. The van der Waals surface area contributed by atoms with Crippen LogP contribution >= 0.6 is 0 Å². The second-order valence-electron chi connectivity index (χ2n) is 6.72. The molecule has 2 fully saturated rings. The van der Waals surface area contributed by atoms with Gasteiger partial charge in [0.2, 0.25) is 5.91 Å². The number of nitrogens with one attached hydrogen (secondary N) is 1. The molecule has 0 radical (unpaired) electrons. The number of nitrogens with zero attached hydrogens (tertiary/aromatic N) is 1. The predicted molar refractivity (Wildman–Crippen MR) is 88.2 cm³/mol. The number of amides is 1. The Morgan fingerprint density at radius 3 is 2.87 bits per heavy atom. The minimum atomic E-state index is -0.0624. The van der Waals surface area contributed by atoms with E-state index in [0.29, 0.717) is 19.1 Å². The third-order valence-corrected chi connectivity index (χ3v) is 5.50. The van der Waals surface area contributed by atoms with Gasteiger partial charge in [-0.3, -0.25) is 9.59 Å². The molecule has 0 unspecified atom stereocenters. The van der Waals surface area contributed by atoms with Gasteiger partial charge in [0.05, 0.1) is 6.10 Å². The van der Waals surface area contributed by atoms with Crippen LogP contribution in [0.5, 0.6) is 0 Å². The SMILES string of the molecule is CCO[C@H]1C[C@@H](NC(=O)CCn2ccccc2=O)C12CCCC2. The van der Waals surface area contributed by atoms with Crippen LogP contribution in [0.15, 0.2) is 29.2 Å². The summed E-state index contributed by atoms with van der Waals surface area (Å²) in [6.07, 6.45) is 8.06. The minimum Gasteiger partial charge on any atom is -0.378 e. The topological polar surface area (TPSA) is 60.3 Å². The van der Waals surface area contributed by atoms with E-state index in [1.807, 2.05) is 13.0 Å². The zero-order chi connectivity index (χ0) is 16.3. The van der Waals surface area contributed by atoms with Crippen LogP contribution in [0.4, 0.5) is 0 Å². The maximum atomic E-state index is 12.3. The maximum absolute atomic E-state index is 12.3. The van der Waals surface area contributed by atoms with Gasteiger partial charge in [0.1, 0.15) is 0 Å². The molecule has 2 aliphatic rings. The normalized spacial score (nSPS) is 25.3. The molecular weight excluding hydrogens is 292 g/mol. The van der Waals surface area contributed by atoms with Crippen LogP contribution in [0.1, 0.15) is 45.4 Å². The molecule has 1 spiro atoms. The molecule has 5 nitrogen and oxygen atoms in total. The van der Waals surface area contributed by atoms with E-state index in [1.54, 1.807) is 16.8 Å². The van der Waals surface area contributed by atoms with Crippen LogP contribution in [0.2, 0.25) is 0 Å². The summed E-state index contributed by atoms with van der Waals surface area (Å²) in [4.78, 5) is 23.9. The molecule has 0 saturated heterocycles. The van der Waals surface area contributed by atoms with Gasteiger partial charge in [0.25, 0.3) is 5.56 Å². The van der Waals surface area contributed by atoms with E-state index in [0.717, 1.165) is 25.9 Å². The summed E-state index contributed by atoms with van der Waals surface area (Å²) in [5, 5.41) is 3.19. The van der Waals surface area contributed by atoms with Gasteiger partial charge in [0, 0.05) is 43.3 Å². The zero-order valence-corrected chi connectivity index (χ0v) is 13.8. The van der Waals surface area contributed by atoms with Gasteiger partial charge in [-0.1, -0.05) is 18.9 Å². The number of carbonyl (C=O) groups excluding carboxylic acids is 1. The van der Waals surface area contributed by atoms with Gasteiger partial charge in [0.15, 0.2) is 0 Å². The lowest BCUT2D eigenvalue weighted by atomic mass is 9.60. The van der Waals surface area contributed by atoms with Gasteiger partial charge >= 0.3 is 0 Å². The second-order valence-corrected chi connectivity index (χ2v) is 6.72. The Bertz CT molecular complexity index is 604. The van der Waals surface area contributed by atoms with Crippen molar-refractivity contribution in [3.05, 3.63) is 34.7 Å². The largest absolute Gasteiger partial charge is 0.378 e. The highest BCUT2D eigenvalue weighted by atomic mass is 16.5. The number of hydrogen-bond acceptors (Lipinski definition) is 3. The van der Waals surface area contributed by atoms with Crippen LogP contribution in [-0.2, 0) is 16.1 Å². The van der Waals surface area contributed by atoms with E-state index in [-0.39, 0.29) is 22.9 Å². The van der Waals surface area contributed by atoms with Crippen LogP contribution in [0, 0.1) is 5.41 Å². The Morgan fingerprint density at radius 2 is 2.17 bits per heavy atom. The highest BCUT2D eigenvalue weighted by Crippen LogP contribution is 2.54. The zero-order valence-electron chi connectivity index (χ0n) is 13.8. The van der Waals surface area contributed by atoms with Crippen molar-refractivity contribution in [1.82, 2.24) is 9.88 Å². The summed E-state index contributed by atoms with van der Waals surface area (Å²) in [6.45, 7) is 3.20. The summed E-state index contributed by atoms with van der Waals surface area (Å²) in [6, 6.07) is 5.28. The molecule has 2 saturated carbocycles. The fourth-order valence-electron chi connectivity index (χ4n) is 4.22. The summed E-state index contributed by atoms with van der Waals surface area (Å²) < 4.78 is 7.45. The number of rotatable bonds is 6. The molecule has 1 N–H and O–H groups in total. The van der Waals surface area contributed by atoms with Crippen molar-refractivity contribution in [3.8, 4) is 0 Å². The number of aryl methyl sites for hydroxylation is 1.